The van der Waals surface area contributed by atoms with E-state index < -0.39 is 10.0 Å². The largest absolute Gasteiger partial charge is 0.346 e. The van der Waals surface area contributed by atoms with Crippen molar-refractivity contribution in [2.75, 3.05) is 19.6 Å². The SMILES string of the molecule is O=C(CNS(=O)(=O)c1ccc2c(c1)CCCC2)N[C@H]1CC[NH+](Cc2ccccc2)C1. The second kappa shape index (κ2) is 9.29. The van der Waals surface area contributed by atoms with Crippen molar-refractivity contribution in [3.05, 3.63) is 65.2 Å². The molecule has 6 nitrogen and oxygen atoms in total. The predicted molar refractivity (Wildman–Crippen MR) is 116 cm³/mol. The van der Waals surface area contributed by atoms with Gasteiger partial charge in [0.1, 0.15) is 6.54 Å². The Morgan fingerprint density at radius 2 is 1.80 bits per heavy atom. The van der Waals surface area contributed by atoms with E-state index in [1.807, 2.05) is 24.3 Å². The fourth-order valence-corrected chi connectivity index (χ4v) is 5.53. The van der Waals surface area contributed by atoms with Crippen molar-refractivity contribution in [1.82, 2.24) is 10.0 Å². The number of amides is 1. The van der Waals surface area contributed by atoms with Crippen LogP contribution in [0.4, 0.5) is 0 Å². The van der Waals surface area contributed by atoms with E-state index in [0.717, 1.165) is 57.3 Å². The fourth-order valence-electron chi connectivity index (χ4n) is 4.50. The second-order valence-corrected chi connectivity index (χ2v) is 10.1. The maximum atomic E-state index is 12.6. The quantitative estimate of drug-likeness (QED) is 0.611. The minimum atomic E-state index is -3.69. The highest BCUT2D eigenvalue weighted by molar-refractivity contribution is 7.89. The van der Waals surface area contributed by atoms with E-state index in [9.17, 15) is 13.2 Å². The molecule has 1 saturated heterocycles. The van der Waals surface area contributed by atoms with Crippen molar-refractivity contribution in [1.29, 1.82) is 0 Å². The number of fused-ring (bicyclic) bond motifs is 1. The molecule has 1 amide bonds. The summed E-state index contributed by atoms with van der Waals surface area (Å²) in [5.74, 6) is -0.275. The Morgan fingerprint density at radius 1 is 1.03 bits per heavy atom. The van der Waals surface area contributed by atoms with Crippen molar-refractivity contribution in [3.8, 4) is 0 Å². The second-order valence-electron chi connectivity index (χ2n) is 8.38. The van der Waals surface area contributed by atoms with Gasteiger partial charge in [0, 0.05) is 12.0 Å². The van der Waals surface area contributed by atoms with E-state index in [4.69, 9.17) is 0 Å². The molecule has 2 aromatic carbocycles. The summed E-state index contributed by atoms with van der Waals surface area (Å²) in [5, 5.41) is 2.98. The Bertz CT molecular complexity index is 992. The van der Waals surface area contributed by atoms with Crippen LogP contribution in [-0.4, -0.2) is 40.0 Å². The summed E-state index contributed by atoms with van der Waals surface area (Å²) in [7, 11) is -3.69. The third-order valence-electron chi connectivity index (χ3n) is 6.10. The van der Waals surface area contributed by atoms with Crippen LogP contribution < -0.4 is 14.9 Å². The summed E-state index contributed by atoms with van der Waals surface area (Å²) in [6.07, 6.45) is 5.09. The zero-order valence-electron chi connectivity index (χ0n) is 17.2. The van der Waals surface area contributed by atoms with Gasteiger partial charge in [-0.3, -0.25) is 4.79 Å². The van der Waals surface area contributed by atoms with E-state index in [-0.39, 0.29) is 23.4 Å². The van der Waals surface area contributed by atoms with Crippen LogP contribution in [0.25, 0.3) is 0 Å². The van der Waals surface area contributed by atoms with Gasteiger partial charge in [-0.15, -0.1) is 0 Å². The van der Waals surface area contributed by atoms with Crippen LogP contribution in [0.2, 0.25) is 0 Å². The maximum absolute atomic E-state index is 12.6. The number of hydrogen-bond donors (Lipinski definition) is 3. The zero-order valence-corrected chi connectivity index (χ0v) is 18.0. The van der Waals surface area contributed by atoms with Crippen molar-refractivity contribution in [3.63, 3.8) is 0 Å². The molecule has 3 N–H and O–H groups in total. The van der Waals surface area contributed by atoms with Gasteiger partial charge in [0.25, 0.3) is 0 Å². The van der Waals surface area contributed by atoms with Crippen molar-refractivity contribution < 1.29 is 18.1 Å². The monoisotopic (exact) mass is 428 g/mol. The first-order valence-electron chi connectivity index (χ1n) is 10.8. The highest BCUT2D eigenvalue weighted by atomic mass is 32.2. The van der Waals surface area contributed by atoms with Crippen LogP contribution in [0.3, 0.4) is 0 Å². The number of benzene rings is 2. The summed E-state index contributed by atoms with van der Waals surface area (Å²) in [4.78, 5) is 14.0. The minimum Gasteiger partial charge on any atom is -0.346 e. The Hall–Kier alpha value is -2.22. The fraction of sp³-hybridized carbons (Fsp3) is 0.435. The number of likely N-dealkylation sites (tertiary alicyclic amines) is 1. The van der Waals surface area contributed by atoms with Crippen LogP contribution >= 0.6 is 0 Å². The molecule has 160 valence electrons. The Labute approximate surface area is 178 Å². The molecule has 0 bridgehead atoms. The van der Waals surface area contributed by atoms with Crippen LogP contribution in [0.5, 0.6) is 0 Å². The number of quaternary nitrogens is 1. The van der Waals surface area contributed by atoms with Gasteiger partial charge >= 0.3 is 0 Å². The minimum absolute atomic E-state index is 0.0875. The smallest absolute Gasteiger partial charge is 0.241 e. The average molecular weight is 429 g/mol. The van der Waals surface area contributed by atoms with E-state index in [1.165, 1.54) is 16.0 Å². The molecule has 30 heavy (non-hydrogen) atoms. The molecule has 2 atom stereocenters. The van der Waals surface area contributed by atoms with Gasteiger partial charge in [-0.1, -0.05) is 36.4 Å². The number of carbonyl (C=O) groups excluding carboxylic acids is 1. The Kier molecular flexibility index (Phi) is 6.51. The molecule has 0 aromatic heterocycles. The summed E-state index contributed by atoms with van der Waals surface area (Å²) in [6, 6.07) is 15.7. The number of aryl methyl sites for hydroxylation is 2. The molecule has 0 saturated carbocycles. The van der Waals surface area contributed by atoms with Crippen LogP contribution in [-0.2, 0) is 34.2 Å². The maximum Gasteiger partial charge on any atom is 0.241 e. The lowest BCUT2D eigenvalue weighted by Crippen LogP contribution is -3.09. The highest BCUT2D eigenvalue weighted by Gasteiger charge is 2.28. The van der Waals surface area contributed by atoms with Crippen LogP contribution in [0, 0.1) is 0 Å². The molecule has 0 radical (unpaired) electrons. The Balaban J connectivity index is 1.26. The summed E-state index contributed by atoms with van der Waals surface area (Å²) < 4.78 is 27.7. The lowest BCUT2D eigenvalue weighted by atomic mass is 9.92. The number of hydrogen-bond acceptors (Lipinski definition) is 3. The van der Waals surface area contributed by atoms with E-state index in [0.29, 0.717) is 0 Å². The molecule has 4 rings (SSSR count). The molecule has 1 aliphatic carbocycles. The van der Waals surface area contributed by atoms with Gasteiger partial charge in [0.2, 0.25) is 15.9 Å². The third-order valence-corrected chi connectivity index (χ3v) is 7.50. The molecule has 1 aliphatic heterocycles. The number of rotatable bonds is 7. The normalized spacial score (nSPS) is 21.2. The van der Waals surface area contributed by atoms with Crippen molar-refractivity contribution in [2.24, 2.45) is 0 Å². The molecule has 1 fully saturated rings. The first-order chi connectivity index (χ1) is 14.5. The van der Waals surface area contributed by atoms with E-state index in [2.05, 4.69) is 22.2 Å². The molecule has 1 unspecified atom stereocenters. The molecule has 2 aromatic rings. The van der Waals surface area contributed by atoms with Gasteiger partial charge in [0.05, 0.1) is 30.6 Å². The van der Waals surface area contributed by atoms with Gasteiger partial charge in [-0.2, -0.15) is 0 Å². The van der Waals surface area contributed by atoms with E-state index >= 15 is 0 Å². The van der Waals surface area contributed by atoms with Crippen LogP contribution in [0.1, 0.15) is 36.0 Å². The molecule has 1 heterocycles. The first-order valence-corrected chi connectivity index (χ1v) is 12.3. The first kappa shape index (κ1) is 21.0. The third kappa shape index (κ3) is 5.28. The van der Waals surface area contributed by atoms with Crippen molar-refractivity contribution in [2.45, 2.75) is 49.6 Å². The van der Waals surface area contributed by atoms with Crippen molar-refractivity contribution >= 4 is 15.9 Å². The molecule has 2 aliphatic rings. The van der Waals surface area contributed by atoms with Gasteiger partial charge in [-0.25, -0.2) is 13.1 Å². The summed E-state index contributed by atoms with van der Waals surface area (Å²) in [5.41, 5.74) is 3.64. The standard InChI is InChI=1S/C23H29N3O3S/c27-23(25-21-12-13-26(17-21)16-18-6-2-1-3-7-18)15-24-30(28,29)22-11-10-19-8-4-5-9-20(19)14-22/h1-3,6-7,10-11,14,21,24H,4-5,8-9,12-13,15-17H2,(H,25,27)/p+1/t21-/m0/s1. The van der Waals surface area contributed by atoms with E-state index in [1.54, 1.807) is 12.1 Å². The number of carbonyl (C=O) groups is 1. The Morgan fingerprint density at radius 3 is 2.60 bits per heavy atom. The average Bonchev–Trinajstić information content (AvgIpc) is 3.19. The topological polar surface area (TPSA) is 79.7 Å². The van der Waals surface area contributed by atoms with Gasteiger partial charge < -0.3 is 10.2 Å². The predicted octanol–water partition coefficient (Wildman–Crippen LogP) is 0.817. The number of sulfonamides is 1. The molecule has 0 spiro atoms. The summed E-state index contributed by atoms with van der Waals surface area (Å²) in [6.45, 7) is 2.57. The lowest BCUT2D eigenvalue weighted by molar-refractivity contribution is -0.901. The number of nitrogens with one attached hydrogen (secondary N) is 3. The molecular weight excluding hydrogens is 398 g/mol. The van der Waals surface area contributed by atoms with Gasteiger partial charge in [0.15, 0.2) is 0 Å². The zero-order chi connectivity index (χ0) is 21.0. The highest BCUT2D eigenvalue weighted by Crippen LogP contribution is 2.23. The van der Waals surface area contributed by atoms with Crippen LogP contribution in [0.15, 0.2) is 53.4 Å². The lowest BCUT2D eigenvalue weighted by Gasteiger charge is -2.17. The summed E-state index contributed by atoms with van der Waals surface area (Å²) >= 11 is 0. The molecule has 7 heteroatoms. The van der Waals surface area contributed by atoms with Gasteiger partial charge in [-0.05, 0) is 48.9 Å². The molecular formula is C23H30N3O3S+.